The minimum atomic E-state index is 1.01. The van der Waals surface area contributed by atoms with E-state index >= 15 is 0 Å². The molecule has 1 saturated heterocycles. The molecule has 1 fully saturated rings. The van der Waals surface area contributed by atoms with Crippen LogP contribution in [0.1, 0.15) is 5.56 Å². The predicted octanol–water partition coefficient (Wildman–Crippen LogP) is 1.47. The van der Waals surface area contributed by atoms with Crippen LogP contribution in [0.3, 0.4) is 0 Å². The van der Waals surface area contributed by atoms with Crippen molar-refractivity contribution in [1.82, 2.24) is 9.84 Å². The Labute approximate surface area is 96.6 Å². The Morgan fingerprint density at radius 1 is 1.07 bits per heavy atom. The molecule has 2 rings (SSSR count). The van der Waals surface area contributed by atoms with Crippen molar-refractivity contribution in [3.8, 4) is 0 Å². The fourth-order valence-corrected chi connectivity index (χ4v) is 2.02. The second kappa shape index (κ2) is 4.88. The van der Waals surface area contributed by atoms with Crippen molar-refractivity contribution >= 4 is 18.5 Å². The molecule has 1 aromatic rings. The predicted molar refractivity (Wildman–Crippen MR) is 67.1 cm³/mol. The average molecular weight is 223 g/mol. The highest BCUT2D eigenvalue weighted by molar-refractivity contribution is 7.78. The number of benzene rings is 1. The van der Waals surface area contributed by atoms with Gasteiger partial charge < -0.3 is 4.90 Å². The molecule has 0 aliphatic carbocycles. The van der Waals surface area contributed by atoms with Crippen molar-refractivity contribution < 1.29 is 0 Å². The number of rotatable bonds is 2. The van der Waals surface area contributed by atoms with Gasteiger partial charge in [-0.3, -0.25) is 0 Å². The maximum absolute atomic E-state index is 4.05. The van der Waals surface area contributed by atoms with Crippen molar-refractivity contribution in [2.24, 2.45) is 0 Å². The Morgan fingerprint density at radius 3 is 2.20 bits per heavy atom. The molecule has 1 aromatic carbocycles. The lowest BCUT2D eigenvalue weighted by molar-refractivity contribution is 0.237. The average Bonchev–Trinajstić information content (AvgIpc) is 2.30. The highest BCUT2D eigenvalue weighted by Gasteiger charge is 2.15. The Morgan fingerprint density at radius 2 is 1.67 bits per heavy atom. The lowest BCUT2D eigenvalue weighted by Gasteiger charge is -2.35. The van der Waals surface area contributed by atoms with Gasteiger partial charge in [-0.25, -0.2) is 9.84 Å². The number of thiol groups is 1. The van der Waals surface area contributed by atoms with E-state index < -0.39 is 0 Å². The van der Waals surface area contributed by atoms with E-state index in [1.807, 2.05) is 0 Å². The SMILES string of the molecule is Cc1ccc(N2CCN(NS)CC2)cc1. The first kappa shape index (κ1) is 10.8. The number of aryl methyl sites for hydroxylation is 1. The third kappa shape index (κ3) is 2.65. The number of nitrogens with one attached hydrogen (secondary N) is 1. The molecule has 82 valence electrons. The van der Waals surface area contributed by atoms with Crippen LogP contribution in [-0.4, -0.2) is 31.2 Å². The molecular weight excluding hydrogens is 206 g/mol. The van der Waals surface area contributed by atoms with E-state index in [0.717, 1.165) is 26.2 Å². The summed E-state index contributed by atoms with van der Waals surface area (Å²) in [4.78, 5) is 5.29. The summed E-state index contributed by atoms with van der Waals surface area (Å²) in [7, 11) is 0. The molecule has 4 heteroatoms. The molecule has 1 heterocycles. The van der Waals surface area contributed by atoms with Crippen molar-refractivity contribution in [2.45, 2.75) is 6.92 Å². The van der Waals surface area contributed by atoms with Crippen LogP contribution in [0, 0.1) is 6.92 Å². The molecule has 1 aliphatic rings. The summed E-state index contributed by atoms with van der Waals surface area (Å²) in [5, 5.41) is 2.12. The van der Waals surface area contributed by atoms with Gasteiger partial charge in [0.2, 0.25) is 0 Å². The zero-order valence-electron chi connectivity index (χ0n) is 8.98. The van der Waals surface area contributed by atoms with Crippen LogP contribution < -0.4 is 9.73 Å². The number of hydrogen-bond donors (Lipinski definition) is 2. The van der Waals surface area contributed by atoms with Gasteiger partial charge in [-0.15, -0.1) is 0 Å². The molecular formula is C11H17N3S. The quantitative estimate of drug-likeness (QED) is 0.740. The highest BCUT2D eigenvalue weighted by atomic mass is 32.1. The van der Waals surface area contributed by atoms with Gasteiger partial charge in [-0.05, 0) is 19.1 Å². The Balaban J connectivity index is 1.98. The Kier molecular flexibility index (Phi) is 3.51. The Bertz CT molecular complexity index is 304. The van der Waals surface area contributed by atoms with E-state index in [0.29, 0.717) is 0 Å². The molecule has 0 aromatic heterocycles. The van der Waals surface area contributed by atoms with E-state index in [2.05, 4.69) is 58.7 Å². The van der Waals surface area contributed by atoms with Gasteiger partial charge in [-0.2, -0.15) is 0 Å². The first-order valence-electron chi connectivity index (χ1n) is 5.26. The molecule has 0 bridgehead atoms. The molecule has 3 nitrogen and oxygen atoms in total. The van der Waals surface area contributed by atoms with Crippen molar-refractivity contribution in [1.29, 1.82) is 0 Å². The van der Waals surface area contributed by atoms with E-state index in [1.165, 1.54) is 11.3 Å². The zero-order chi connectivity index (χ0) is 10.7. The molecule has 0 radical (unpaired) electrons. The number of piperazine rings is 1. The summed E-state index contributed by atoms with van der Waals surface area (Å²) in [5.74, 6) is 0. The first-order chi connectivity index (χ1) is 7.29. The minimum Gasteiger partial charge on any atom is -0.369 e. The second-order valence-corrected chi connectivity index (χ2v) is 4.11. The summed E-state index contributed by atoms with van der Waals surface area (Å²) in [6, 6.07) is 8.72. The van der Waals surface area contributed by atoms with Gasteiger partial charge in [0.25, 0.3) is 0 Å². The number of hydrogen-bond acceptors (Lipinski definition) is 4. The topological polar surface area (TPSA) is 18.5 Å². The monoisotopic (exact) mass is 223 g/mol. The fourth-order valence-electron chi connectivity index (χ4n) is 1.82. The largest absolute Gasteiger partial charge is 0.369 e. The molecule has 1 N–H and O–H groups in total. The van der Waals surface area contributed by atoms with Gasteiger partial charge in [0.15, 0.2) is 0 Å². The zero-order valence-corrected chi connectivity index (χ0v) is 9.87. The highest BCUT2D eigenvalue weighted by Crippen LogP contribution is 2.16. The molecule has 15 heavy (non-hydrogen) atoms. The van der Waals surface area contributed by atoms with Crippen LogP contribution in [-0.2, 0) is 0 Å². The summed E-state index contributed by atoms with van der Waals surface area (Å²) >= 11 is 4.05. The molecule has 0 atom stereocenters. The van der Waals surface area contributed by atoms with Gasteiger partial charge >= 0.3 is 0 Å². The van der Waals surface area contributed by atoms with Crippen molar-refractivity contribution in [2.75, 3.05) is 31.1 Å². The summed E-state index contributed by atoms with van der Waals surface area (Å²) in [6.45, 7) is 6.24. The molecule has 0 spiro atoms. The number of hydrazine groups is 1. The third-order valence-corrected chi connectivity index (χ3v) is 3.10. The van der Waals surface area contributed by atoms with Crippen LogP contribution in [0.4, 0.5) is 5.69 Å². The van der Waals surface area contributed by atoms with E-state index in [9.17, 15) is 0 Å². The fraction of sp³-hybridized carbons (Fsp3) is 0.455. The maximum Gasteiger partial charge on any atom is 0.0367 e. The summed E-state index contributed by atoms with van der Waals surface area (Å²) in [6.07, 6.45) is 0. The van der Waals surface area contributed by atoms with Crippen LogP contribution in [0.5, 0.6) is 0 Å². The van der Waals surface area contributed by atoms with Crippen LogP contribution in [0.25, 0.3) is 0 Å². The summed E-state index contributed by atoms with van der Waals surface area (Å²) in [5.41, 5.74) is 2.63. The third-order valence-electron chi connectivity index (χ3n) is 2.82. The van der Waals surface area contributed by atoms with Gasteiger partial charge in [-0.1, -0.05) is 30.5 Å². The van der Waals surface area contributed by atoms with Gasteiger partial charge in [0, 0.05) is 31.9 Å². The molecule has 0 saturated carbocycles. The second-order valence-electron chi connectivity index (χ2n) is 3.91. The summed E-state index contributed by atoms with van der Waals surface area (Å²) < 4.78 is 0. The van der Waals surface area contributed by atoms with Crippen molar-refractivity contribution in [3.05, 3.63) is 29.8 Å². The first-order valence-corrected chi connectivity index (χ1v) is 5.70. The lowest BCUT2D eigenvalue weighted by Crippen LogP contribution is -2.49. The lowest BCUT2D eigenvalue weighted by atomic mass is 10.2. The van der Waals surface area contributed by atoms with Gasteiger partial charge in [0.1, 0.15) is 0 Å². The number of anilines is 1. The Hall–Kier alpha value is -0.710. The van der Waals surface area contributed by atoms with Gasteiger partial charge in [0.05, 0.1) is 0 Å². The molecule has 0 amide bonds. The van der Waals surface area contributed by atoms with Crippen LogP contribution in [0.15, 0.2) is 24.3 Å². The van der Waals surface area contributed by atoms with E-state index in [-0.39, 0.29) is 0 Å². The maximum atomic E-state index is 4.05. The van der Waals surface area contributed by atoms with Crippen LogP contribution in [0.2, 0.25) is 0 Å². The normalized spacial score (nSPS) is 18.1. The van der Waals surface area contributed by atoms with Crippen molar-refractivity contribution in [3.63, 3.8) is 0 Å². The molecule has 0 unspecified atom stereocenters. The standard InChI is InChI=1S/C11H17N3S/c1-10-2-4-11(5-3-10)13-6-8-14(12-15)9-7-13/h2-5,12,15H,6-9H2,1H3. The smallest absolute Gasteiger partial charge is 0.0367 e. The molecule has 1 aliphatic heterocycles. The van der Waals surface area contributed by atoms with E-state index in [1.54, 1.807) is 0 Å². The van der Waals surface area contributed by atoms with E-state index in [4.69, 9.17) is 0 Å². The van der Waals surface area contributed by atoms with Crippen LogP contribution >= 0.6 is 12.8 Å². The minimum absolute atomic E-state index is 1.01. The number of nitrogens with zero attached hydrogens (tertiary/aromatic N) is 2.